The van der Waals surface area contributed by atoms with Crippen molar-refractivity contribution in [3.05, 3.63) is 24.3 Å². The molecule has 0 bridgehead atoms. The molecule has 1 amide bonds. The molecule has 0 aliphatic rings. The van der Waals surface area contributed by atoms with Gasteiger partial charge in [-0.15, -0.1) is 0 Å². The predicted octanol–water partition coefficient (Wildman–Crippen LogP) is 8.88. The second kappa shape index (κ2) is 34.1. The van der Waals surface area contributed by atoms with E-state index in [1.165, 1.54) is 25.7 Å². The van der Waals surface area contributed by atoms with Gasteiger partial charge in [0.15, 0.2) is 6.29 Å². The summed E-state index contributed by atoms with van der Waals surface area (Å²) in [6.07, 6.45) is 26.6. The van der Waals surface area contributed by atoms with E-state index in [0.29, 0.717) is 39.2 Å². The lowest BCUT2D eigenvalue weighted by Gasteiger charge is -2.31. The lowest BCUT2D eigenvalue weighted by Crippen LogP contribution is -2.46. The van der Waals surface area contributed by atoms with Crippen molar-refractivity contribution in [2.75, 3.05) is 60.7 Å². The highest BCUT2D eigenvalue weighted by Gasteiger charge is 2.25. The van der Waals surface area contributed by atoms with Crippen molar-refractivity contribution in [3.8, 4) is 0 Å². The fourth-order valence-corrected chi connectivity index (χ4v) is 5.28. The summed E-state index contributed by atoms with van der Waals surface area (Å²) in [5.74, 6) is -0.172. The van der Waals surface area contributed by atoms with Crippen LogP contribution in [-0.2, 0) is 28.5 Å². The monoisotopic (exact) mass is 667 g/mol. The molecule has 1 atom stereocenters. The van der Waals surface area contributed by atoms with Crippen molar-refractivity contribution in [1.82, 2.24) is 9.80 Å². The molecule has 0 saturated heterocycles. The normalized spacial score (nSPS) is 12.6. The molecule has 276 valence electrons. The van der Waals surface area contributed by atoms with Gasteiger partial charge < -0.3 is 28.7 Å². The Morgan fingerprint density at radius 1 is 0.660 bits per heavy atom. The van der Waals surface area contributed by atoms with Crippen molar-refractivity contribution in [1.29, 1.82) is 0 Å². The van der Waals surface area contributed by atoms with Crippen molar-refractivity contribution in [2.45, 2.75) is 155 Å². The maximum Gasteiger partial charge on any atom is 0.306 e. The Morgan fingerprint density at radius 2 is 1.26 bits per heavy atom. The number of hydrogen-bond acceptors (Lipinski definition) is 7. The fourth-order valence-electron chi connectivity index (χ4n) is 5.28. The Kier molecular flexibility index (Phi) is 32.9. The van der Waals surface area contributed by atoms with Gasteiger partial charge >= 0.3 is 5.97 Å². The third kappa shape index (κ3) is 28.9. The summed E-state index contributed by atoms with van der Waals surface area (Å²) in [6.45, 7) is 9.79. The SMILES string of the molecule is CC/C=C\CCCCOC(CCC(=O)OCC(COC)N(CCCCN(C)C)C(=O)CCCCCCCC)OCCCC/C=C\CC. The van der Waals surface area contributed by atoms with Crippen LogP contribution in [0.15, 0.2) is 24.3 Å². The summed E-state index contributed by atoms with van der Waals surface area (Å²) in [7, 11) is 5.76. The van der Waals surface area contributed by atoms with E-state index in [2.05, 4.69) is 64.1 Å². The number of amides is 1. The Labute approximate surface area is 290 Å². The largest absolute Gasteiger partial charge is 0.463 e. The van der Waals surface area contributed by atoms with Crippen LogP contribution in [0.2, 0.25) is 0 Å². The van der Waals surface area contributed by atoms with Crippen molar-refractivity contribution in [2.24, 2.45) is 0 Å². The second-order valence-corrected chi connectivity index (χ2v) is 12.9. The maximum atomic E-state index is 13.4. The number of carbonyl (C=O) groups excluding carboxylic acids is 2. The zero-order chi connectivity index (χ0) is 34.8. The quantitative estimate of drug-likeness (QED) is 0.0294. The molecule has 0 heterocycles. The number of nitrogens with zero attached hydrogens (tertiary/aromatic N) is 2. The molecular weight excluding hydrogens is 592 g/mol. The van der Waals surface area contributed by atoms with Crippen LogP contribution in [0.3, 0.4) is 0 Å². The highest BCUT2D eigenvalue weighted by Crippen LogP contribution is 2.14. The van der Waals surface area contributed by atoms with Crippen molar-refractivity contribution < 1.29 is 28.5 Å². The summed E-state index contributed by atoms with van der Waals surface area (Å²) in [5.41, 5.74) is 0. The lowest BCUT2D eigenvalue weighted by molar-refractivity contribution is -0.161. The Bertz CT molecular complexity index is 749. The van der Waals surface area contributed by atoms with Crippen molar-refractivity contribution in [3.63, 3.8) is 0 Å². The van der Waals surface area contributed by atoms with Gasteiger partial charge in [-0.1, -0.05) is 77.2 Å². The molecule has 0 aromatic carbocycles. The number of carbonyl (C=O) groups is 2. The molecule has 0 aromatic heterocycles. The number of allylic oxidation sites excluding steroid dienone is 4. The molecule has 0 fully saturated rings. The molecular formula is C39H74N2O6. The standard InChI is InChI=1S/C39H74N2O6/c1-7-10-13-16-19-22-27-37(42)41(31-24-23-30-40(4)5)36(34-44-6)35-47-38(43)28-29-39(45-32-25-20-17-14-11-8-2)46-33-26-21-18-15-12-9-3/h11-12,14-15,36,39H,7-10,13,16-35H2,1-6H3/b14-11-,15-12-. The van der Waals surface area contributed by atoms with Crippen LogP contribution < -0.4 is 0 Å². The van der Waals surface area contributed by atoms with Gasteiger partial charge in [0.05, 0.1) is 19.1 Å². The van der Waals surface area contributed by atoms with Crippen molar-refractivity contribution >= 4 is 11.9 Å². The minimum atomic E-state index is -0.429. The molecule has 47 heavy (non-hydrogen) atoms. The van der Waals surface area contributed by atoms with E-state index in [4.69, 9.17) is 18.9 Å². The summed E-state index contributed by atoms with van der Waals surface area (Å²) in [6, 6.07) is -0.303. The van der Waals surface area contributed by atoms with Gasteiger partial charge in [-0.05, 0) is 91.3 Å². The number of rotatable bonds is 34. The minimum absolute atomic E-state index is 0.126. The first-order chi connectivity index (χ1) is 22.9. The van der Waals surface area contributed by atoms with Crippen LogP contribution in [0.5, 0.6) is 0 Å². The fraction of sp³-hybridized carbons (Fsp3) is 0.846. The number of methoxy groups -OCH3 is 1. The molecule has 0 aromatic rings. The molecule has 8 heteroatoms. The van der Waals surface area contributed by atoms with Crippen LogP contribution >= 0.6 is 0 Å². The molecule has 0 saturated carbocycles. The highest BCUT2D eigenvalue weighted by molar-refractivity contribution is 5.76. The zero-order valence-electron chi connectivity index (χ0n) is 31.5. The van der Waals surface area contributed by atoms with Gasteiger partial charge in [0.2, 0.25) is 5.91 Å². The van der Waals surface area contributed by atoms with Crippen LogP contribution in [0.1, 0.15) is 143 Å². The van der Waals surface area contributed by atoms with E-state index in [0.717, 1.165) is 83.6 Å². The molecule has 0 rings (SSSR count). The minimum Gasteiger partial charge on any atom is -0.463 e. The van der Waals surface area contributed by atoms with Gasteiger partial charge in [0.25, 0.3) is 0 Å². The highest BCUT2D eigenvalue weighted by atomic mass is 16.7. The molecule has 0 spiro atoms. The Hall–Kier alpha value is -1.74. The number of esters is 1. The van der Waals surface area contributed by atoms with Gasteiger partial charge in [-0.25, -0.2) is 0 Å². The van der Waals surface area contributed by atoms with Gasteiger partial charge in [-0.2, -0.15) is 0 Å². The first-order valence-corrected chi connectivity index (χ1v) is 19.0. The maximum absolute atomic E-state index is 13.4. The first kappa shape index (κ1) is 45.3. The van der Waals surface area contributed by atoms with Gasteiger partial charge in [0, 0.05) is 39.7 Å². The van der Waals surface area contributed by atoms with Gasteiger partial charge in [0.1, 0.15) is 6.61 Å². The molecule has 0 radical (unpaired) electrons. The lowest BCUT2D eigenvalue weighted by atomic mass is 10.1. The smallest absolute Gasteiger partial charge is 0.306 e. The molecule has 0 N–H and O–H groups in total. The molecule has 1 unspecified atom stereocenters. The summed E-state index contributed by atoms with van der Waals surface area (Å²) < 4.78 is 23.4. The third-order valence-corrected chi connectivity index (χ3v) is 8.08. The molecule has 0 aliphatic heterocycles. The van der Waals surface area contributed by atoms with Crippen LogP contribution in [-0.4, -0.2) is 94.7 Å². The third-order valence-electron chi connectivity index (χ3n) is 8.08. The van der Waals surface area contributed by atoms with E-state index < -0.39 is 6.29 Å². The Balaban J connectivity index is 5.05. The topological polar surface area (TPSA) is 77.5 Å². The molecule has 0 aliphatic carbocycles. The van der Waals surface area contributed by atoms with E-state index in [-0.39, 0.29) is 30.9 Å². The summed E-state index contributed by atoms with van der Waals surface area (Å²) >= 11 is 0. The van der Waals surface area contributed by atoms with E-state index >= 15 is 0 Å². The Morgan fingerprint density at radius 3 is 1.83 bits per heavy atom. The molecule has 8 nitrogen and oxygen atoms in total. The van der Waals surface area contributed by atoms with Gasteiger partial charge in [-0.3, -0.25) is 9.59 Å². The predicted molar refractivity (Wildman–Crippen MR) is 196 cm³/mol. The van der Waals surface area contributed by atoms with E-state index in [1.807, 2.05) is 4.90 Å². The zero-order valence-corrected chi connectivity index (χ0v) is 31.5. The first-order valence-electron chi connectivity index (χ1n) is 19.0. The number of ether oxygens (including phenoxy) is 4. The second-order valence-electron chi connectivity index (χ2n) is 12.9. The van der Waals surface area contributed by atoms with E-state index in [1.54, 1.807) is 7.11 Å². The van der Waals surface area contributed by atoms with E-state index in [9.17, 15) is 9.59 Å². The van der Waals surface area contributed by atoms with Crippen LogP contribution in [0.25, 0.3) is 0 Å². The average molecular weight is 667 g/mol. The number of hydrogen-bond donors (Lipinski definition) is 0. The average Bonchev–Trinajstić information content (AvgIpc) is 3.05. The van der Waals surface area contributed by atoms with Crippen LogP contribution in [0, 0.1) is 0 Å². The summed E-state index contributed by atoms with van der Waals surface area (Å²) in [5, 5.41) is 0. The number of unbranched alkanes of at least 4 members (excludes halogenated alkanes) is 10. The summed E-state index contributed by atoms with van der Waals surface area (Å²) in [4.78, 5) is 30.4. The van der Waals surface area contributed by atoms with Crippen LogP contribution in [0.4, 0.5) is 0 Å².